The maximum Gasteiger partial charge on any atom is 0.335 e. The summed E-state index contributed by atoms with van der Waals surface area (Å²) >= 11 is 0. The topological polar surface area (TPSA) is 78.1 Å². The first-order chi connectivity index (χ1) is 11.1. The minimum atomic E-state index is -0.921. The molecule has 0 amide bonds. The third-order valence-electron chi connectivity index (χ3n) is 4.44. The van der Waals surface area contributed by atoms with E-state index in [1.807, 2.05) is 13.0 Å². The second-order valence-corrected chi connectivity index (χ2v) is 6.03. The van der Waals surface area contributed by atoms with Gasteiger partial charge in [-0.15, -0.1) is 0 Å². The Morgan fingerprint density at radius 1 is 1.30 bits per heavy atom. The Kier molecular flexibility index (Phi) is 4.45. The number of aromatic nitrogens is 1. The first-order valence-electron chi connectivity index (χ1n) is 7.92. The Labute approximate surface area is 135 Å². The molecule has 2 heterocycles. The number of nitrogens with one attached hydrogen (secondary N) is 1. The zero-order valence-corrected chi connectivity index (χ0v) is 13.2. The first-order valence-corrected chi connectivity index (χ1v) is 7.92. The highest BCUT2D eigenvalue weighted by molar-refractivity contribution is 5.98. The van der Waals surface area contributed by atoms with Crippen molar-refractivity contribution in [3.63, 3.8) is 0 Å². The lowest BCUT2D eigenvalue weighted by Crippen LogP contribution is -3.15. The van der Waals surface area contributed by atoms with Crippen LogP contribution in [0.4, 0.5) is 5.69 Å². The number of nitrogens with zero attached hydrogens (tertiary/aromatic N) is 2. The fourth-order valence-electron chi connectivity index (χ4n) is 3.20. The predicted molar refractivity (Wildman–Crippen MR) is 88.3 cm³/mol. The second kappa shape index (κ2) is 6.52. The summed E-state index contributed by atoms with van der Waals surface area (Å²) in [5, 5.41) is 19.2. The first kappa shape index (κ1) is 15.7. The molecule has 3 N–H and O–H groups in total. The number of aliphatic hydroxyl groups excluding tert-OH is 1. The number of rotatable bonds is 4. The molecule has 0 aliphatic carbocycles. The van der Waals surface area contributed by atoms with Gasteiger partial charge in [-0.1, -0.05) is 0 Å². The van der Waals surface area contributed by atoms with Gasteiger partial charge < -0.3 is 20.0 Å². The van der Waals surface area contributed by atoms with E-state index in [2.05, 4.69) is 9.88 Å². The number of carboxylic acid groups (broad SMARTS) is 1. The van der Waals surface area contributed by atoms with E-state index in [0.717, 1.165) is 55.0 Å². The third kappa shape index (κ3) is 3.28. The number of hydrogen-bond donors (Lipinski definition) is 3. The predicted octanol–water partition coefficient (Wildman–Crippen LogP) is -0.0614. The number of piperazine rings is 1. The lowest BCUT2D eigenvalue weighted by Gasteiger charge is -2.34. The molecular formula is C17H22N3O3+. The molecule has 0 unspecified atom stereocenters. The minimum Gasteiger partial charge on any atom is -0.478 e. The lowest BCUT2D eigenvalue weighted by atomic mass is 10.1. The number of aromatic carboxylic acids is 1. The van der Waals surface area contributed by atoms with E-state index in [-0.39, 0.29) is 12.2 Å². The number of quaternary nitrogens is 1. The molecule has 1 aliphatic heterocycles. The number of pyridine rings is 1. The summed E-state index contributed by atoms with van der Waals surface area (Å²) in [5.41, 5.74) is 3.10. The summed E-state index contributed by atoms with van der Waals surface area (Å²) in [5.74, 6) is -0.921. The summed E-state index contributed by atoms with van der Waals surface area (Å²) in [4.78, 5) is 19.5. The van der Waals surface area contributed by atoms with Gasteiger partial charge in [-0.05, 0) is 31.2 Å². The fourth-order valence-corrected chi connectivity index (χ4v) is 3.20. The smallest absolute Gasteiger partial charge is 0.335 e. The lowest BCUT2D eigenvalue weighted by molar-refractivity contribution is -0.900. The van der Waals surface area contributed by atoms with Crippen molar-refractivity contribution in [2.45, 2.75) is 6.92 Å². The summed E-state index contributed by atoms with van der Waals surface area (Å²) in [6, 6.07) is 7.13. The highest BCUT2D eigenvalue weighted by Crippen LogP contribution is 2.28. The molecule has 1 aromatic heterocycles. The average Bonchev–Trinajstić information content (AvgIpc) is 2.54. The number of anilines is 1. The molecule has 1 saturated heterocycles. The van der Waals surface area contributed by atoms with E-state index < -0.39 is 5.97 Å². The highest BCUT2D eigenvalue weighted by atomic mass is 16.4. The molecule has 122 valence electrons. The normalized spacial score (nSPS) is 16.0. The van der Waals surface area contributed by atoms with E-state index in [9.17, 15) is 9.90 Å². The number of benzene rings is 1. The van der Waals surface area contributed by atoms with Crippen LogP contribution in [0.2, 0.25) is 0 Å². The van der Waals surface area contributed by atoms with Crippen LogP contribution in [-0.4, -0.2) is 60.5 Å². The van der Waals surface area contributed by atoms with Gasteiger partial charge in [-0.3, -0.25) is 4.98 Å². The van der Waals surface area contributed by atoms with Gasteiger partial charge in [0, 0.05) is 16.8 Å². The van der Waals surface area contributed by atoms with Gasteiger partial charge in [0.2, 0.25) is 0 Å². The summed E-state index contributed by atoms with van der Waals surface area (Å²) in [6.07, 6.45) is 0. The molecule has 0 atom stereocenters. The maximum absolute atomic E-state index is 11.3. The standard InChI is InChI=1S/C17H21N3O3/c1-12-10-16(20-6-4-19(5-7-20)8-9-21)14-11-13(17(22)23)2-3-15(14)18-12/h2-3,10-11,21H,4-9H2,1H3,(H,22,23)/p+1. The Morgan fingerprint density at radius 3 is 2.70 bits per heavy atom. The summed E-state index contributed by atoms with van der Waals surface area (Å²) in [6.45, 7) is 6.70. The Bertz CT molecular complexity index is 724. The van der Waals surface area contributed by atoms with Gasteiger partial charge in [0.25, 0.3) is 0 Å². The van der Waals surface area contributed by atoms with Gasteiger partial charge >= 0.3 is 5.97 Å². The van der Waals surface area contributed by atoms with E-state index in [4.69, 9.17) is 5.11 Å². The minimum absolute atomic E-state index is 0.217. The van der Waals surface area contributed by atoms with Gasteiger partial charge in [-0.2, -0.15) is 0 Å². The SMILES string of the molecule is Cc1cc(N2CC[NH+](CCO)CC2)c2cc(C(=O)O)ccc2n1. The van der Waals surface area contributed by atoms with Crippen molar-refractivity contribution < 1.29 is 19.9 Å². The fraction of sp³-hybridized carbons (Fsp3) is 0.412. The van der Waals surface area contributed by atoms with Crippen molar-refractivity contribution >= 4 is 22.6 Å². The molecule has 2 aromatic rings. The molecule has 1 aliphatic rings. The number of fused-ring (bicyclic) bond motifs is 1. The highest BCUT2D eigenvalue weighted by Gasteiger charge is 2.22. The van der Waals surface area contributed by atoms with Crippen LogP contribution in [0.25, 0.3) is 10.9 Å². The average molecular weight is 316 g/mol. The van der Waals surface area contributed by atoms with Crippen molar-refractivity contribution in [2.24, 2.45) is 0 Å². The third-order valence-corrected chi connectivity index (χ3v) is 4.44. The molecule has 0 bridgehead atoms. The number of carbonyl (C=O) groups is 1. The van der Waals surface area contributed by atoms with Crippen LogP contribution in [0.1, 0.15) is 16.1 Å². The Morgan fingerprint density at radius 2 is 2.04 bits per heavy atom. The summed E-state index contributed by atoms with van der Waals surface area (Å²) < 4.78 is 0. The van der Waals surface area contributed by atoms with E-state index in [1.54, 1.807) is 18.2 Å². The van der Waals surface area contributed by atoms with Crippen LogP contribution in [0, 0.1) is 6.92 Å². The summed E-state index contributed by atoms with van der Waals surface area (Å²) in [7, 11) is 0. The largest absolute Gasteiger partial charge is 0.478 e. The number of aliphatic hydroxyl groups is 1. The van der Waals surface area contributed by atoms with Gasteiger partial charge in [0.15, 0.2) is 0 Å². The number of hydrogen-bond acceptors (Lipinski definition) is 4. The molecule has 1 fully saturated rings. The van der Waals surface area contributed by atoms with Crippen LogP contribution >= 0.6 is 0 Å². The second-order valence-electron chi connectivity index (χ2n) is 6.03. The van der Waals surface area contributed by atoms with E-state index in [0.29, 0.717) is 0 Å². The molecule has 0 radical (unpaired) electrons. The van der Waals surface area contributed by atoms with Crippen LogP contribution in [-0.2, 0) is 0 Å². The Hall–Kier alpha value is -2.18. The Balaban J connectivity index is 1.96. The monoisotopic (exact) mass is 316 g/mol. The molecule has 0 saturated carbocycles. The maximum atomic E-state index is 11.3. The molecule has 6 nitrogen and oxygen atoms in total. The molecule has 0 spiro atoms. The van der Waals surface area contributed by atoms with Crippen LogP contribution < -0.4 is 9.80 Å². The molecule has 3 rings (SSSR count). The quantitative estimate of drug-likeness (QED) is 0.736. The van der Waals surface area contributed by atoms with E-state index >= 15 is 0 Å². The van der Waals surface area contributed by atoms with Crippen molar-refractivity contribution in [3.8, 4) is 0 Å². The van der Waals surface area contributed by atoms with Gasteiger partial charge in [0.05, 0.1) is 43.9 Å². The van der Waals surface area contributed by atoms with Crippen molar-refractivity contribution in [3.05, 3.63) is 35.5 Å². The van der Waals surface area contributed by atoms with Crippen LogP contribution in [0.5, 0.6) is 0 Å². The number of carboxylic acids is 1. The zero-order chi connectivity index (χ0) is 16.4. The molecule has 6 heteroatoms. The molecular weight excluding hydrogens is 294 g/mol. The molecule has 23 heavy (non-hydrogen) atoms. The number of aryl methyl sites for hydroxylation is 1. The van der Waals surface area contributed by atoms with Crippen LogP contribution in [0.3, 0.4) is 0 Å². The van der Waals surface area contributed by atoms with Gasteiger partial charge in [-0.25, -0.2) is 4.79 Å². The van der Waals surface area contributed by atoms with E-state index in [1.165, 1.54) is 4.90 Å². The van der Waals surface area contributed by atoms with Crippen molar-refractivity contribution in [1.29, 1.82) is 0 Å². The molecule has 1 aromatic carbocycles. The van der Waals surface area contributed by atoms with Gasteiger partial charge in [0.1, 0.15) is 6.54 Å². The van der Waals surface area contributed by atoms with Crippen molar-refractivity contribution in [1.82, 2.24) is 4.98 Å². The van der Waals surface area contributed by atoms with Crippen LogP contribution in [0.15, 0.2) is 24.3 Å². The zero-order valence-electron chi connectivity index (χ0n) is 13.2. The van der Waals surface area contributed by atoms with Crippen molar-refractivity contribution in [2.75, 3.05) is 44.2 Å².